The molecule has 0 unspecified atom stereocenters. The van der Waals surface area contributed by atoms with Crippen molar-refractivity contribution < 1.29 is 23.1 Å². The summed E-state index contributed by atoms with van der Waals surface area (Å²) >= 11 is 1.45. The van der Waals surface area contributed by atoms with Gasteiger partial charge in [0.05, 0.1) is 18.8 Å². The molecule has 1 fully saturated rings. The Balaban J connectivity index is 1.58. The van der Waals surface area contributed by atoms with Crippen LogP contribution in [0.4, 0.5) is 0 Å². The van der Waals surface area contributed by atoms with Crippen LogP contribution in [-0.4, -0.2) is 39.9 Å². The standard InChI is InChI=1S/C28H34O5S2Si/c1-36(2,3)19-17-33-27(30)20-28(16-4-5-18-35(28,31)32)26-15-14-25(34-26)23-8-6-21(7-9-23)22-10-12-24(29)13-11-22/h6-15,29H,4-5,16-20H2,1-3H3/t28-/m0/s1. The maximum Gasteiger partial charge on any atom is 0.307 e. The number of esters is 1. The van der Waals surface area contributed by atoms with Crippen molar-refractivity contribution in [1.29, 1.82) is 0 Å². The van der Waals surface area contributed by atoms with Gasteiger partial charge in [-0.25, -0.2) is 8.42 Å². The van der Waals surface area contributed by atoms with E-state index in [1.165, 1.54) is 11.3 Å². The molecular formula is C28H34O5S2Si. The van der Waals surface area contributed by atoms with Crippen LogP contribution < -0.4 is 0 Å². The quantitative estimate of drug-likeness (QED) is 0.249. The van der Waals surface area contributed by atoms with Gasteiger partial charge in [-0.3, -0.25) is 4.79 Å². The molecule has 1 atom stereocenters. The van der Waals surface area contributed by atoms with E-state index < -0.39 is 28.6 Å². The highest BCUT2D eigenvalue weighted by atomic mass is 32.2. The van der Waals surface area contributed by atoms with E-state index in [9.17, 15) is 18.3 Å². The smallest absolute Gasteiger partial charge is 0.307 e. The van der Waals surface area contributed by atoms with Gasteiger partial charge in [-0.1, -0.05) is 62.5 Å². The molecular weight excluding hydrogens is 509 g/mol. The van der Waals surface area contributed by atoms with Gasteiger partial charge in [0.25, 0.3) is 0 Å². The maximum absolute atomic E-state index is 13.4. The van der Waals surface area contributed by atoms with Crippen molar-refractivity contribution in [1.82, 2.24) is 0 Å². The minimum Gasteiger partial charge on any atom is -0.508 e. The van der Waals surface area contributed by atoms with E-state index in [1.54, 1.807) is 12.1 Å². The fraction of sp³-hybridized carbons (Fsp3) is 0.393. The first-order valence-corrected chi connectivity index (χ1v) is 18.5. The highest BCUT2D eigenvalue weighted by Crippen LogP contribution is 2.47. The predicted octanol–water partition coefficient (Wildman–Crippen LogP) is 6.85. The van der Waals surface area contributed by atoms with E-state index in [0.29, 0.717) is 19.4 Å². The molecule has 5 nitrogen and oxygen atoms in total. The van der Waals surface area contributed by atoms with E-state index in [1.807, 2.05) is 48.5 Å². The first kappa shape index (κ1) is 26.6. The second-order valence-corrected chi connectivity index (χ2v) is 19.9. The van der Waals surface area contributed by atoms with Crippen LogP contribution in [0.3, 0.4) is 0 Å². The number of carbonyl (C=O) groups is 1. The van der Waals surface area contributed by atoms with Gasteiger partial charge in [0, 0.05) is 17.8 Å². The first-order valence-electron chi connectivity index (χ1n) is 12.4. The summed E-state index contributed by atoms with van der Waals surface area (Å²) in [4.78, 5) is 14.5. The van der Waals surface area contributed by atoms with Crippen molar-refractivity contribution in [2.75, 3.05) is 12.4 Å². The summed E-state index contributed by atoms with van der Waals surface area (Å²) < 4.78 is 31.2. The zero-order chi connectivity index (χ0) is 26.0. The Kier molecular flexibility index (Phi) is 7.78. The zero-order valence-corrected chi connectivity index (χ0v) is 23.8. The van der Waals surface area contributed by atoms with Crippen molar-refractivity contribution >= 4 is 35.2 Å². The van der Waals surface area contributed by atoms with Crippen LogP contribution in [0.15, 0.2) is 60.7 Å². The van der Waals surface area contributed by atoms with Crippen LogP contribution >= 0.6 is 11.3 Å². The van der Waals surface area contributed by atoms with Gasteiger partial charge < -0.3 is 9.84 Å². The van der Waals surface area contributed by atoms with E-state index in [-0.39, 0.29) is 17.9 Å². The molecule has 36 heavy (non-hydrogen) atoms. The predicted molar refractivity (Wildman–Crippen MR) is 150 cm³/mol. The molecule has 2 heterocycles. The van der Waals surface area contributed by atoms with Crippen molar-refractivity contribution in [3.8, 4) is 27.3 Å². The van der Waals surface area contributed by atoms with E-state index in [4.69, 9.17) is 4.74 Å². The highest BCUT2D eigenvalue weighted by Gasteiger charge is 2.49. The number of hydrogen-bond donors (Lipinski definition) is 1. The molecule has 3 aromatic rings. The lowest BCUT2D eigenvalue weighted by Gasteiger charge is -2.35. The molecule has 8 heteroatoms. The summed E-state index contributed by atoms with van der Waals surface area (Å²) in [6, 6.07) is 19.8. The molecule has 4 rings (SSSR count). The van der Waals surface area contributed by atoms with Gasteiger partial charge in [0.2, 0.25) is 0 Å². The van der Waals surface area contributed by atoms with Gasteiger partial charge in [0.1, 0.15) is 10.5 Å². The SMILES string of the molecule is C[Si](C)(C)CCOC(=O)C[C@]1(c2ccc(-c3ccc(-c4ccc(O)cc4)cc3)s2)CCCCS1(=O)=O. The zero-order valence-electron chi connectivity index (χ0n) is 21.1. The Labute approximate surface area is 219 Å². The molecule has 1 aliphatic rings. The van der Waals surface area contributed by atoms with Gasteiger partial charge in [-0.05, 0) is 59.8 Å². The minimum atomic E-state index is -3.50. The number of aromatic hydroxyl groups is 1. The number of phenols is 1. The molecule has 1 N–H and O–H groups in total. The number of rotatable bonds is 8. The molecule has 1 saturated heterocycles. The van der Waals surface area contributed by atoms with Crippen LogP contribution in [0.5, 0.6) is 5.75 Å². The number of sulfone groups is 1. The van der Waals surface area contributed by atoms with Gasteiger partial charge in [-0.15, -0.1) is 11.3 Å². The van der Waals surface area contributed by atoms with Crippen LogP contribution in [0.1, 0.15) is 30.6 Å². The normalized spacial score (nSPS) is 19.6. The summed E-state index contributed by atoms with van der Waals surface area (Å²) in [6.07, 6.45) is 1.72. The fourth-order valence-corrected chi connectivity index (χ4v) is 9.08. The Morgan fingerprint density at radius 2 is 1.56 bits per heavy atom. The highest BCUT2D eigenvalue weighted by molar-refractivity contribution is 7.92. The lowest BCUT2D eigenvalue weighted by molar-refractivity contribution is -0.144. The summed E-state index contributed by atoms with van der Waals surface area (Å²) in [7, 11) is -4.86. The molecule has 0 saturated carbocycles. The lowest BCUT2D eigenvalue weighted by atomic mass is 9.95. The molecule has 2 aromatic carbocycles. The Morgan fingerprint density at radius 1 is 0.944 bits per heavy atom. The molecule has 192 valence electrons. The molecule has 0 amide bonds. The van der Waals surface area contributed by atoms with E-state index in [2.05, 4.69) is 19.6 Å². The van der Waals surface area contributed by atoms with Crippen LogP contribution in [0.2, 0.25) is 25.7 Å². The summed E-state index contributed by atoms with van der Waals surface area (Å²) in [5.41, 5.74) is 3.03. The third kappa shape index (κ3) is 5.93. The Hall–Kier alpha value is -2.42. The number of thiophene rings is 1. The number of carbonyl (C=O) groups excluding carboxylic acids is 1. The van der Waals surface area contributed by atoms with E-state index in [0.717, 1.165) is 38.9 Å². The van der Waals surface area contributed by atoms with Crippen molar-refractivity contribution in [3.05, 3.63) is 65.5 Å². The van der Waals surface area contributed by atoms with Gasteiger partial charge in [0.15, 0.2) is 9.84 Å². The topological polar surface area (TPSA) is 80.7 Å². The third-order valence-electron chi connectivity index (χ3n) is 6.81. The van der Waals surface area contributed by atoms with Crippen LogP contribution in [-0.2, 0) is 24.1 Å². The van der Waals surface area contributed by atoms with Crippen molar-refractivity contribution in [3.63, 3.8) is 0 Å². The average molecular weight is 543 g/mol. The second kappa shape index (κ2) is 10.5. The van der Waals surface area contributed by atoms with Crippen LogP contribution in [0.25, 0.3) is 21.6 Å². The van der Waals surface area contributed by atoms with Crippen molar-refractivity contribution in [2.45, 2.75) is 56.1 Å². The summed E-state index contributed by atoms with van der Waals surface area (Å²) in [6.45, 7) is 7.02. The summed E-state index contributed by atoms with van der Waals surface area (Å²) in [5, 5.41) is 9.52. The molecule has 0 aliphatic carbocycles. The lowest BCUT2D eigenvalue weighted by Crippen LogP contribution is -2.42. The monoisotopic (exact) mass is 542 g/mol. The molecule has 1 aliphatic heterocycles. The number of phenolic OH excluding ortho intramolecular Hbond substituents is 1. The fourth-order valence-electron chi connectivity index (χ4n) is 4.59. The number of benzene rings is 2. The summed E-state index contributed by atoms with van der Waals surface area (Å²) in [5.74, 6) is -0.0936. The van der Waals surface area contributed by atoms with Gasteiger partial charge >= 0.3 is 5.97 Å². The molecule has 0 bridgehead atoms. The Morgan fingerprint density at radius 3 is 2.17 bits per heavy atom. The molecule has 0 radical (unpaired) electrons. The average Bonchev–Trinajstić information content (AvgIpc) is 3.31. The second-order valence-electron chi connectivity index (χ2n) is 10.8. The number of hydrogen-bond acceptors (Lipinski definition) is 6. The largest absolute Gasteiger partial charge is 0.508 e. The minimum absolute atomic E-state index is 0.101. The molecule has 0 spiro atoms. The van der Waals surface area contributed by atoms with E-state index >= 15 is 0 Å². The molecule has 1 aromatic heterocycles. The van der Waals surface area contributed by atoms with Crippen LogP contribution in [0, 0.1) is 0 Å². The maximum atomic E-state index is 13.4. The van der Waals surface area contributed by atoms with Crippen molar-refractivity contribution in [2.24, 2.45) is 0 Å². The Bertz CT molecular complexity index is 1310. The first-order chi connectivity index (χ1) is 17.0. The van der Waals surface area contributed by atoms with Gasteiger partial charge in [-0.2, -0.15) is 0 Å². The third-order valence-corrected chi connectivity index (χ3v) is 12.6. The number of ether oxygens (including phenoxy) is 1.